The lowest BCUT2D eigenvalue weighted by atomic mass is 9.96. The van der Waals surface area contributed by atoms with Crippen molar-refractivity contribution >= 4 is 17.6 Å². The van der Waals surface area contributed by atoms with Crippen molar-refractivity contribution in [2.75, 3.05) is 20.1 Å². The number of nitrogens with zero attached hydrogens (tertiary/aromatic N) is 2. The summed E-state index contributed by atoms with van der Waals surface area (Å²) in [4.78, 5) is 42.4. The van der Waals surface area contributed by atoms with Crippen LogP contribution in [-0.2, 0) is 16.1 Å². The van der Waals surface area contributed by atoms with Crippen LogP contribution in [0.25, 0.3) is 0 Å². The zero-order chi connectivity index (χ0) is 24.0. The van der Waals surface area contributed by atoms with Crippen molar-refractivity contribution in [2.24, 2.45) is 11.7 Å². The van der Waals surface area contributed by atoms with Gasteiger partial charge >= 0.3 is 11.8 Å². The summed E-state index contributed by atoms with van der Waals surface area (Å²) in [5.41, 5.74) is 7.89. The number of imide groups is 1. The second-order valence-corrected chi connectivity index (χ2v) is 9.34. The van der Waals surface area contributed by atoms with Crippen molar-refractivity contribution in [3.05, 3.63) is 71.8 Å². The number of Topliss-reactive ketones (excluding diaryl/α,β-unsaturated/α-hetero) is 1. The maximum Gasteiger partial charge on any atom is 0.338 e. The third-order valence-electron chi connectivity index (χ3n) is 6.95. The molecule has 0 aliphatic carbocycles. The minimum absolute atomic E-state index is 0.0183. The third-order valence-corrected chi connectivity index (χ3v) is 6.95. The van der Waals surface area contributed by atoms with Crippen LogP contribution in [0.2, 0.25) is 0 Å². The molecule has 6 heteroatoms. The lowest BCUT2D eigenvalue weighted by Crippen LogP contribution is -2.64. The molecule has 2 aromatic rings. The first-order valence-corrected chi connectivity index (χ1v) is 11.8. The Kier molecular flexibility index (Phi) is 8.30. The van der Waals surface area contributed by atoms with Crippen molar-refractivity contribution in [3.63, 3.8) is 0 Å². The van der Waals surface area contributed by atoms with E-state index in [1.165, 1.54) is 0 Å². The SMILES string of the molecule is CC[C@H](C)[C@H](N)C(=O)[N+](C)(Cc1ccccc1)C(=O)[C@@H]1CCCN1CC(=O)c1ccccc1. The number of hydrogen-bond donors (Lipinski definition) is 1. The molecule has 2 aromatic carbocycles. The van der Waals surface area contributed by atoms with Gasteiger partial charge in [-0.15, -0.1) is 0 Å². The van der Waals surface area contributed by atoms with Gasteiger partial charge in [0.05, 0.1) is 13.6 Å². The highest BCUT2D eigenvalue weighted by molar-refractivity contribution is 5.98. The van der Waals surface area contributed by atoms with Gasteiger partial charge in [-0.25, -0.2) is 9.59 Å². The lowest BCUT2D eigenvalue weighted by molar-refractivity contribution is -0.774. The van der Waals surface area contributed by atoms with Crippen LogP contribution in [0, 0.1) is 5.92 Å². The fourth-order valence-electron chi connectivity index (χ4n) is 4.56. The van der Waals surface area contributed by atoms with E-state index in [-0.39, 0.29) is 36.6 Å². The second kappa shape index (κ2) is 11.0. The summed E-state index contributed by atoms with van der Waals surface area (Å²) in [5.74, 6) is -0.492. The molecule has 1 aliphatic heterocycles. The number of ketones is 1. The van der Waals surface area contributed by atoms with E-state index in [4.69, 9.17) is 5.73 Å². The van der Waals surface area contributed by atoms with Crippen LogP contribution in [0.4, 0.5) is 0 Å². The first kappa shape index (κ1) is 25.0. The molecule has 4 atom stereocenters. The van der Waals surface area contributed by atoms with Crippen LogP contribution >= 0.6 is 0 Å². The summed E-state index contributed by atoms with van der Waals surface area (Å²) in [6, 6.07) is 17.5. The molecule has 0 spiro atoms. The number of nitrogens with two attached hydrogens (primary N) is 1. The quantitative estimate of drug-likeness (QED) is 0.468. The van der Waals surface area contributed by atoms with Crippen molar-refractivity contribution in [1.29, 1.82) is 0 Å². The molecule has 0 radical (unpaired) electrons. The minimum atomic E-state index is -0.728. The molecule has 3 rings (SSSR count). The highest BCUT2D eigenvalue weighted by Crippen LogP contribution is 2.26. The molecule has 1 saturated heterocycles. The Morgan fingerprint density at radius 1 is 1.06 bits per heavy atom. The smallest absolute Gasteiger partial charge is 0.316 e. The summed E-state index contributed by atoms with van der Waals surface area (Å²) >= 11 is 0. The number of hydrogen-bond acceptors (Lipinski definition) is 5. The standard InChI is InChI=1S/C27H36N3O3/c1-4-20(2)25(28)27(33)30(3,19-21-12-7-5-8-13-21)26(32)23-16-11-17-29(23)18-24(31)22-14-9-6-10-15-22/h5-10,12-15,20,23,25H,4,11,16-19,28H2,1-3H3/q+1/t20-,23-,25-,30?/m0/s1. The van der Waals surface area contributed by atoms with Gasteiger partial charge in [0.2, 0.25) is 0 Å². The Morgan fingerprint density at radius 3 is 2.27 bits per heavy atom. The molecule has 1 fully saturated rings. The number of rotatable bonds is 9. The van der Waals surface area contributed by atoms with Gasteiger partial charge in [-0.1, -0.05) is 80.9 Å². The summed E-state index contributed by atoms with van der Waals surface area (Å²) in [6.07, 6.45) is 2.21. The van der Waals surface area contributed by atoms with Crippen LogP contribution in [0.1, 0.15) is 49.0 Å². The highest BCUT2D eigenvalue weighted by atomic mass is 16.2. The van der Waals surface area contributed by atoms with Crippen LogP contribution in [0.15, 0.2) is 60.7 Å². The molecule has 2 amide bonds. The lowest BCUT2D eigenvalue weighted by Gasteiger charge is -2.36. The molecular weight excluding hydrogens is 414 g/mol. The minimum Gasteiger partial charge on any atom is -0.316 e. The van der Waals surface area contributed by atoms with Crippen LogP contribution in [0.3, 0.4) is 0 Å². The molecule has 0 saturated carbocycles. The molecule has 2 N–H and O–H groups in total. The van der Waals surface area contributed by atoms with Crippen molar-refractivity contribution in [2.45, 2.75) is 51.7 Å². The second-order valence-electron chi connectivity index (χ2n) is 9.34. The summed E-state index contributed by atoms with van der Waals surface area (Å²) < 4.78 is -0.393. The van der Waals surface area contributed by atoms with Gasteiger partial charge in [-0.3, -0.25) is 9.69 Å². The van der Waals surface area contributed by atoms with E-state index in [1.807, 2.05) is 67.3 Å². The van der Waals surface area contributed by atoms with Gasteiger partial charge in [0, 0.05) is 11.1 Å². The zero-order valence-electron chi connectivity index (χ0n) is 19.9. The van der Waals surface area contributed by atoms with E-state index in [0.29, 0.717) is 18.5 Å². The Balaban J connectivity index is 1.87. The van der Waals surface area contributed by atoms with Gasteiger partial charge < -0.3 is 5.73 Å². The number of benzene rings is 2. The average Bonchev–Trinajstić information content (AvgIpc) is 3.30. The van der Waals surface area contributed by atoms with Crippen molar-refractivity contribution < 1.29 is 18.9 Å². The van der Waals surface area contributed by atoms with Crippen LogP contribution < -0.4 is 5.73 Å². The third kappa shape index (κ3) is 5.64. The molecule has 6 nitrogen and oxygen atoms in total. The topological polar surface area (TPSA) is 80.5 Å². The van der Waals surface area contributed by atoms with E-state index in [0.717, 1.165) is 18.4 Å². The Bertz CT molecular complexity index is 963. The molecule has 1 unspecified atom stereocenters. The summed E-state index contributed by atoms with van der Waals surface area (Å²) in [7, 11) is 1.69. The number of likely N-dealkylation sites (tertiary alicyclic amines) is 1. The van der Waals surface area contributed by atoms with Crippen molar-refractivity contribution in [3.8, 4) is 0 Å². The fourth-order valence-corrected chi connectivity index (χ4v) is 4.56. The molecule has 33 heavy (non-hydrogen) atoms. The summed E-state index contributed by atoms with van der Waals surface area (Å²) in [5, 5.41) is 0. The molecule has 1 aliphatic rings. The summed E-state index contributed by atoms with van der Waals surface area (Å²) in [6.45, 7) is 5.01. The largest absolute Gasteiger partial charge is 0.338 e. The molecule has 0 bridgehead atoms. The Hall–Kier alpha value is -2.67. The number of likely N-dealkylation sites (N-methyl/N-ethyl adjacent to an activating group) is 1. The Morgan fingerprint density at radius 2 is 1.67 bits per heavy atom. The number of carbonyl (C=O) groups is 3. The van der Waals surface area contributed by atoms with E-state index in [1.54, 1.807) is 19.2 Å². The van der Waals surface area contributed by atoms with Crippen molar-refractivity contribution in [1.82, 2.24) is 4.90 Å². The fraction of sp³-hybridized carbons (Fsp3) is 0.444. The van der Waals surface area contributed by atoms with E-state index in [9.17, 15) is 14.4 Å². The molecular formula is C27H36N3O3+. The van der Waals surface area contributed by atoms with E-state index < -0.39 is 16.6 Å². The van der Waals surface area contributed by atoms with Crippen LogP contribution in [0.5, 0.6) is 0 Å². The monoisotopic (exact) mass is 450 g/mol. The normalized spacial score (nSPS) is 20.1. The molecule has 176 valence electrons. The molecule has 0 aromatic heterocycles. The van der Waals surface area contributed by atoms with Gasteiger partial charge in [0.25, 0.3) is 0 Å². The van der Waals surface area contributed by atoms with E-state index in [2.05, 4.69) is 0 Å². The first-order valence-electron chi connectivity index (χ1n) is 11.8. The maximum atomic E-state index is 14.0. The maximum absolute atomic E-state index is 14.0. The van der Waals surface area contributed by atoms with Gasteiger partial charge in [-0.05, 0) is 25.3 Å². The van der Waals surface area contributed by atoms with E-state index >= 15 is 0 Å². The molecule has 1 heterocycles. The average molecular weight is 451 g/mol. The van der Waals surface area contributed by atoms with Gasteiger partial charge in [0.1, 0.15) is 18.6 Å². The predicted molar refractivity (Wildman–Crippen MR) is 129 cm³/mol. The zero-order valence-corrected chi connectivity index (χ0v) is 19.9. The Labute approximate surface area is 197 Å². The number of amides is 2. The predicted octanol–water partition coefficient (Wildman–Crippen LogP) is 3.41. The van der Waals surface area contributed by atoms with Gasteiger partial charge in [-0.2, -0.15) is 4.48 Å². The number of quaternary nitrogens is 1. The first-order chi connectivity index (χ1) is 15.8. The van der Waals surface area contributed by atoms with Crippen LogP contribution in [-0.4, -0.2) is 59.2 Å². The number of carbonyl (C=O) groups excluding carboxylic acids is 3. The van der Waals surface area contributed by atoms with Gasteiger partial charge in [0.15, 0.2) is 5.78 Å². The highest BCUT2D eigenvalue weighted by Gasteiger charge is 2.50.